The Balaban J connectivity index is 3.16. The number of nitrogens with two attached hydrogens (primary N) is 1. The van der Waals surface area contributed by atoms with Crippen LogP contribution in [0.25, 0.3) is 0 Å². The Morgan fingerprint density at radius 2 is 2.18 bits per heavy atom. The Morgan fingerprint density at radius 3 is 2.71 bits per heavy atom. The molecule has 4 heteroatoms. The number of halogens is 1. The van der Waals surface area contributed by atoms with E-state index in [4.69, 9.17) is 27.2 Å². The van der Waals surface area contributed by atoms with Gasteiger partial charge in [-0.05, 0) is 25.0 Å². The van der Waals surface area contributed by atoms with E-state index < -0.39 is 0 Å². The molecule has 2 unspecified atom stereocenters. The maximum Gasteiger partial charge on any atom is 0.123 e. The molecule has 0 aliphatic heterocycles. The van der Waals surface area contributed by atoms with Crippen LogP contribution in [0.15, 0.2) is 18.2 Å². The molecule has 0 aliphatic carbocycles. The van der Waals surface area contributed by atoms with Crippen LogP contribution in [0.2, 0.25) is 5.02 Å². The van der Waals surface area contributed by atoms with E-state index in [1.54, 1.807) is 7.11 Å². The van der Waals surface area contributed by atoms with Gasteiger partial charge in [0.25, 0.3) is 0 Å². The number of aliphatic hydroxyl groups is 1. The summed E-state index contributed by atoms with van der Waals surface area (Å²) < 4.78 is 5.33. The summed E-state index contributed by atoms with van der Waals surface area (Å²) in [5.41, 5.74) is 7.01. The zero-order valence-electron chi connectivity index (χ0n) is 10.3. The van der Waals surface area contributed by atoms with E-state index in [9.17, 15) is 0 Å². The van der Waals surface area contributed by atoms with Gasteiger partial charge in [-0.1, -0.05) is 24.6 Å². The maximum absolute atomic E-state index is 9.16. The summed E-state index contributed by atoms with van der Waals surface area (Å²) in [4.78, 5) is 0. The highest BCUT2D eigenvalue weighted by Gasteiger charge is 2.23. The van der Waals surface area contributed by atoms with Crippen LogP contribution in [-0.4, -0.2) is 24.9 Å². The molecular formula is C13H20ClNO2. The van der Waals surface area contributed by atoms with Crippen molar-refractivity contribution in [2.45, 2.75) is 31.7 Å². The number of ether oxygens (including phenoxy) is 1. The minimum atomic E-state index is -0.0315. The molecule has 0 saturated carbocycles. The molecule has 0 aliphatic rings. The first-order valence-electron chi connectivity index (χ1n) is 5.84. The molecule has 96 valence electrons. The van der Waals surface area contributed by atoms with Crippen molar-refractivity contribution in [3.8, 4) is 5.75 Å². The Hall–Kier alpha value is -0.770. The average Bonchev–Trinajstić information content (AvgIpc) is 2.35. The summed E-state index contributed by atoms with van der Waals surface area (Å²) in [7, 11) is 1.61. The highest BCUT2D eigenvalue weighted by molar-refractivity contribution is 6.31. The fraction of sp³-hybridized carbons (Fsp3) is 0.538. The van der Waals surface area contributed by atoms with E-state index in [2.05, 4.69) is 0 Å². The molecule has 1 aromatic carbocycles. The molecule has 1 rings (SSSR count). The highest BCUT2D eigenvalue weighted by atomic mass is 35.5. The second kappa shape index (κ2) is 6.84. The van der Waals surface area contributed by atoms with Crippen molar-refractivity contribution in [2.75, 3.05) is 13.7 Å². The molecule has 0 fully saturated rings. The summed E-state index contributed by atoms with van der Waals surface area (Å²) in [6.07, 6.45) is 1.42. The molecule has 0 saturated heterocycles. The van der Waals surface area contributed by atoms with Gasteiger partial charge in [0.2, 0.25) is 0 Å². The summed E-state index contributed by atoms with van der Waals surface area (Å²) >= 11 is 6.22. The lowest BCUT2D eigenvalue weighted by atomic mass is 9.87. The second-order valence-corrected chi connectivity index (χ2v) is 4.45. The molecule has 0 aromatic heterocycles. The molecule has 3 N–H and O–H groups in total. The van der Waals surface area contributed by atoms with Crippen molar-refractivity contribution in [3.63, 3.8) is 0 Å². The fourth-order valence-electron chi connectivity index (χ4n) is 2.05. The van der Waals surface area contributed by atoms with Gasteiger partial charge in [0.05, 0.1) is 7.11 Å². The van der Waals surface area contributed by atoms with E-state index in [0.717, 1.165) is 17.7 Å². The van der Waals surface area contributed by atoms with E-state index >= 15 is 0 Å². The first-order valence-corrected chi connectivity index (χ1v) is 6.22. The van der Waals surface area contributed by atoms with Gasteiger partial charge in [-0.15, -0.1) is 0 Å². The monoisotopic (exact) mass is 257 g/mol. The van der Waals surface area contributed by atoms with Gasteiger partial charge in [0, 0.05) is 29.2 Å². The molecule has 0 radical (unpaired) electrons. The van der Waals surface area contributed by atoms with Gasteiger partial charge in [-0.3, -0.25) is 0 Å². The fourth-order valence-corrected chi connectivity index (χ4v) is 2.36. The van der Waals surface area contributed by atoms with Crippen molar-refractivity contribution in [1.82, 2.24) is 0 Å². The van der Waals surface area contributed by atoms with E-state index in [1.807, 2.05) is 25.1 Å². The maximum atomic E-state index is 9.16. The zero-order chi connectivity index (χ0) is 12.8. The lowest BCUT2D eigenvalue weighted by Crippen LogP contribution is -2.29. The van der Waals surface area contributed by atoms with Gasteiger partial charge in [0.1, 0.15) is 5.75 Å². The lowest BCUT2D eigenvalue weighted by molar-refractivity contribution is 0.264. The van der Waals surface area contributed by atoms with Crippen molar-refractivity contribution in [1.29, 1.82) is 0 Å². The molecular weight excluding hydrogens is 238 g/mol. The van der Waals surface area contributed by atoms with Crippen molar-refractivity contribution >= 4 is 11.6 Å². The number of methoxy groups -OCH3 is 1. The number of rotatable bonds is 6. The third-order valence-corrected chi connectivity index (χ3v) is 3.36. The third kappa shape index (κ3) is 3.35. The SMILES string of the molecule is CCC(N)C(CCO)c1c(Cl)cccc1OC. The largest absolute Gasteiger partial charge is 0.496 e. The van der Waals surface area contributed by atoms with Crippen LogP contribution in [0.1, 0.15) is 31.2 Å². The predicted molar refractivity (Wildman–Crippen MR) is 70.7 cm³/mol. The van der Waals surface area contributed by atoms with E-state index in [0.29, 0.717) is 11.4 Å². The topological polar surface area (TPSA) is 55.5 Å². The summed E-state index contributed by atoms with van der Waals surface area (Å²) in [6.45, 7) is 2.12. The van der Waals surface area contributed by atoms with Crippen molar-refractivity contribution in [3.05, 3.63) is 28.8 Å². The minimum Gasteiger partial charge on any atom is -0.496 e. The average molecular weight is 258 g/mol. The third-order valence-electron chi connectivity index (χ3n) is 3.03. The van der Waals surface area contributed by atoms with Crippen molar-refractivity contribution < 1.29 is 9.84 Å². The Morgan fingerprint density at radius 1 is 1.47 bits per heavy atom. The molecule has 1 aromatic rings. The number of hydrogen-bond acceptors (Lipinski definition) is 3. The minimum absolute atomic E-state index is 0.0219. The Labute approximate surface area is 108 Å². The van der Waals surface area contributed by atoms with Crippen LogP contribution in [0.4, 0.5) is 0 Å². The van der Waals surface area contributed by atoms with Gasteiger partial charge >= 0.3 is 0 Å². The van der Waals surface area contributed by atoms with Crippen LogP contribution in [0.5, 0.6) is 5.75 Å². The normalized spacial score (nSPS) is 14.4. The second-order valence-electron chi connectivity index (χ2n) is 4.05. The summed E-state index contributed by atoms with van der Waals surface area (Å²) in [6, 6.07) is 5.51. The number of hydrogen-bond donors (Lipinski definition) is 2. The molecule has 0 heterocycles. The van der Waals surface area contributed by atoms with Crippen molar-refractivity contribution in [2.24, 2.45) is 5.73 Å². The Kier molecular flexibility index (Phi) is 5.75. The first kappa shape index (κ1) is 14.3. The quantitative estimate of drug-likeness (QED) is 0.824. The molecule has 3 nitrogen and oxygen atoms in total. The van der Waals surface area contributed by atoms with Crippen LogP contribution in [-0.2, 0) is 0 Å². The zero-order valence-corrected chi connectivity index (χ0v) is 11.1. The van der Waals surface area contributed by atoms with Crippen LogP contribution in [0, 0.1) is 0 Å². The van der Waals surface area contributed by atoms with Gasteiger partial charge in [-0.25, -0.2) is 0 Å². The standard InChI is InChI=1S/C13H20ClNO2/c1-3-11(15)9(7-8-16)13-10(14)5-4-6-12(13)17-2/h4-6,9,11,16H,3,7-8,15H2,1-2H3. The predicted octanol–water partition coefficient (Wildman–Crippen LogP) is 2.55. The molecule has 17 heavy (non-hydrogen) atoms. The summed E-state index contributed by atoms with van der Waals surface area (Å²) in [5, 5.41) is 9.80. The number of benzene rings is 1. The van der Waals surface area contributed by atoms with Crippen LogP contribution >= 0.6 is 11.6 Å². The highest BCUT2D eigenvalue weighted by Crippen LogP contribution is 2.37. The molecule has 0 amide bonds. The van der Waals surface area contributed by atoms with Gasteiger partial charge in [-0.2, -0.15) is 0 Å². The Bertz CT molecular complexity index is 357. The summed E-state index contributed by atoms with van der Waals surface area (Å²) in [5.74, 6) is 0.758. The van der Waals surface area contributed by atoms with E-state index in [1.165, 1.54) is 0 Å². The van der Waals surface area contributed by atoms with Gasteiger partial charge in [0.15, 0.2) is 0 Å². The van der Waals surface area contributed by atoms with E-state index in [-0.39, 0.29) is 18.6 Å². The molecule has 2 atom stereocenters. The molecule has 0 spiro atoms. The first-order chi connectivity index (χ1) is 8.15. The lowest BCUT2D eigenvalue weighted by Gasteiger charge is -2.25. The number of aliphatic hydroxyl groups excluding tert-OH is 1. The van der Waals surface area contributed by atoms with Crippen LogP contribution < -0.4 is 10.5 Å². The van der Waals surface area contributed by atoms with Crippen LogP contribution in [0.3, 0.4) is 0 Å². The van der Waals surface area contributed by atoms with Gasteiger partial charge < -0.3 is 15.6 Å². The smallest absolute Gasteiger partial charge is 0.123 e. The molecule has 0 bridgehead atoms.